The highest BCUT2D eigenvalue weighted by Crippen LogP contribution is 2.61. The summed E-state index contributed by atoms with van der Waals surface area (Å²) in [4.78, 5) is 1.53. The Kier molecular flexibility index (Phi) is 3.03. The van der Waals surface area contributed by atoms with Crippen molar-refractivity contribution in [3.63, 3.8) is 0 Å². The van der Waals surface area contributed by atoms with Crippen molar-refractivity contribution in [2.24, 2.45) is 23.7 Å². The van der Waals surface area contributed by atoms with Gasteiger partial charge in [-0.25, -0.2) is 0 Å². The van der Waals surface area contributed by atoms with E-state index in [0.717, 1.165) is 23.0 Å². The summed E-state index contributed by atoms with van der Waals surface area (Å²) in [6.07, 6.45) is 13.6. The fourth-order valence-electron chi connectivity index (χ4n) is 4.90. The molecule has 1 heterocycles. The minimum atomic E-state index is 0.613. The van der Waals surface area contributed by atoms with Gasteiger partial charge in [0.2, 0.25) is 0 Å². The molecule has 4 aliphatic rings. The molecule has 5 atom stereocenters. The number of allylic oxidation sites excluding steroid dienone is 7. The first-order chi connectivity index (χ1) is 11.2. The van der Waals surface area contributed by atoms with Gasteiger partial charge in [-0.05, 0) is 49.2 Å². The summed E-state index contributed by atoms with van der Waals surface area (Å²) in [5, 5.41) is 0.769. The summed E-state index contributed by atoms with van der Waals surface area (Å²) >= 11 is 2.16. The van der Waals surface area contributed by atoms with Gasteiger partial charge in [0.1, 0.15) is 0 Å². The zero-order chi connectivity index (χ0) is 15.6. The predicted octanol–water partition coefficient (Wildman–Crippen LogP) is 5.78. The third-order valence-corrected chi connectivity index (χ3v) is 7.66. The Morgan fingerprint density at radius 2 is 1.74 bits per heavy atom. The average molecular weight is 318 g/mol. The van der Waals surface area contributed by atoms with E-state index in [9.17, 15) is 0 Å². The number of aryl methyl sites for hydroxylation is 1. The minimum Gasteiger partial charge on any atom is -0.121 e. The van der Waals surface area contributed by atoms with Gasteiger partial charge in [-0.15, -0.1) is 11.8 Å². The SMILES string of the molecule is CC1=C[C@@H]2C(=C(c3ccc(C)cc3)S[C@H]3C4C=CC(C4)[C@@H]23)C=C1. The van der Waals surface area contributed by atoms with E-state index >= 15 is 0 Å². The fraction of sp³-hybridized carbons (Fsp3) is 0.364. The van der Waals surface area contributed by atoms with E-state index in [1.165, 1.54) is 28.0 Å². The molecule has 1 aliphatic heterocycles. The number of thioether (sulfide) groups is 1. The number of rotatable bonds is 1. The molecule has 1 fully saturated rings. The van der Waals surface area contributed by atoms with Crippen LogP contribution in [0.4, 0.5) is 0 Å². The molecule has 116 valence electrons. The van der Waals surface area contributed by atoms with E-state index in [4.69, 9.17) is 0 Å². The van der Waals surface area contributed by atoms with Crippen molar-refractivity contribution < 1.29 is 0 Å². The van der Waals surface area contributed by atoms with Crippen LogP contribution in [0, 0.1) is 30.6 Å². The Labute approximate surface area is 143 Å². The molecule has 0 nitrogen and oxygen atoms in total. The third kappa shape index (κ3) is 2.06. The van der Waals surface area contributed by atoms with Gasteiger partial charge in [-0.3, -0.25) is 0 Å². The van der Waals surface area contributed by atoms with E-state index in [-0.39, 0.29) is 0 Å². The molecule has 0 aromatic heterocycles. The second-order valence-corrected chi connectivity index (χ2v) is 8.72. The lowest BCUT2D eigenvalue weighted by atomic mass is 9.74. The van der Waals surface area contributed by atoms with E-state index in [1.54, 1.807) is 5.57 Å². The van der Waals surface area contributed by atoms with Crippen LogP contribution in [0.3, 0.4) is 0 Å². The zero-order valence-corrected chi connectivity index (χ0v) is 14.5. The fourth-order valence-corrected chi connectivity index (χ4v) is 6.69. The Balaban J connectivity index is 1.65. The number of benzene rings is 1. The van der Waals surface area contributed by atoms with Gasteiger partial charge >= 0.3 is 0 Å². The van der Waals surface area contributed by atoms with Gasteiger partial charge < -0.3 is 0 Å². The first-order valence-electron chi connectivity index (χ1n) is 8.73. The van der Waals surface area contributed by atoms with E-state index in [2.05, 4.69) is 80.3 Å². The van der Waals surface area contributed by atoms with Gasteiger partial charge in [0, 0.05) is 16.1 Å². The molecule has 1 heteroatoms. The summed E-state index contributed by atoms with van der Waals surface area (Å²) in [7, 11) is 0. The molecule has 0 spiro atoms. The first kappa shape index (κ1) is 13.9. The lowest BCUT2D eigenvalue weighted by Crippen LogP contribution is -2.33. The van der Waals surface area contributed by atoms with Crippen LogP contribution in [0.5, 0.6) is 0 Å². The smallest absolute Gasteiger partial charge is 0.0200 e. The van der Waals surface area contributed by atoms with Crippen molar-refractivity contribution in [1.82, 2.24) is 0 Å². The molecule has 23 heavy (non-hydrogen) atoms. The number of hydrogen-bond acceptors (Lipinski definition) is 1. The Morgan fingerprint density at radius 3 is 2.57 bits per heavy atom. The second kappa shape index (κ2) is 5.01. The second-order valence-electron chi connectivity index (χ2n) is 7.53. The lowest BCUT2D eigenvalue weighted by molar-refractivity contribution is 0.383. The number of hydrogen-bond donors (Lipinski definition) is 0. The van der Waals surface area contributed by atoms with Crippen molar-refractivity contribution in [3.05, 3.63) is 76.9 Å². The molecule has 1 saturated carbocycles. The largest absolute Gasteiger partial charge is 0.121 e. The lowest BCUT2D eigenvalue weighted by Gasteiger charge is -2.41. The normalized spacial score (nSPS) is 37.0. The average Bonchev–Trinajstić information content (AvgIpc) is 3.16. The van der Waals surface area contributed by atoms with E-state index in [1.807, 2.05) is 0 Å². The molecule has 0 radical (unpaired) electrons. The Bertz CT molecular complexity index is 775. The highest BCUT2D eigenvalue weighted by Gasteiger charge is 2.51. The molecule has 0 amide bonds. The molecule has 0 N–H and O–H groups in total. The van der Waals surface area contributed by atoms with Crippen LogP contribution in [-0.4, -0.2) is 5.25 Å². The molecule has 5 rings (SSSR count). The molecular formula is C22H22S. The summed E-state index contributed by atoms with van der Waals surface area (Å²) in [5.74, 6) is 3.01. The highest BCUT2D eigenvalue weighted by molar-refractivity contribution is 8.09. The van der Waals surface area contributed by atoms with E-state index in [0.29, 0.717) is 5.92 Å². The summed E-state index contributed by atoms with van der Waals surface area (Å²) < 4.78 is 0. The van der Waals surface area contributed by atoms with Crippen LogP contribution < -0.4 is 0 Å². The van der Waals surface area contributed by atoms with Crippen molar-refractivity contribution in [2.75, 3.05) is 0 Å². The topological polar surface area (TPSA) is 0 Å². The van der Waals surface area contributed by atoms with Gasteiger partial charge in [0.15, 0.2) is 0 Å². The third-order valence-electron chi connectivity index (χ3n) is 6.02. The maximum absolute atomic E-state index is 2.54. The van der Waals surface area contributed by atoms with Gasteiger partial charge in [0.05, 0.1) is 0 Å². The molecule has 1 aromatic carbocycles. The van der Waals surface area contributed by atoms with Crippen LogP contribution in [0.25, 0.3) is 4.91 Å². The summed E-state index contributed by atoms with van der Waals surface area (Å²) in [6.45, 7) is 4.42. The maximum Gasteiger partial charge on any atom is 0.0200 e. The summed E-state index contributed by atoms with van der Waals surface area (Å²) in [6, 6.07) is 9.12. The van der Waals surface area contributed by atoms with Crippen LogP contribution >= 0.6 is 11.8 Å². The van der Waals surface area contributed by atoms with E-state index < -0.39 is 0 Å². The van der Waals surface area contributed by atoms with Crippen LogP contribution in [-0.2, 0) is 0 Å². The standard InChI is InChI=1S/C22H22S/c1-13-3-6-15(7-4-13)21-18-10-5-14(2)11-19(18)20-16-8-9-17(12-16)22(20)23-21/h3-11,16-17,19-20,22H,12H2,1-2H3/t16?,17?,19-,20+,22+/m1/s1. The van der Waals surface area contributed by atoms with Crippen molar-refractivity contribution in [3.8, 4) is 0 Å². The minimum absolute atomic E-state index is 0.613. The predicted molar refractivity (Wildman–Crippen MR) is 100 cm³/mol. The first-order valence-corrected chi connectivity index (χ1v) is 9.61. The van der Waals surface area contributed by atoms with Crippen molar-refractivity contribution in [2.45, 2.75) is 25.5 Å². The monoisotopic (exact) mass is 318 g/mol. The Hall–Kier alpha value is -1.47. The molecule has 0 saturated heterocycles. The van der Waals surface area contributed by atoms with Gasteiger partial charge in [-0.2, -0.15) is 0 Å². The molecule has 3 aliphatic carbocycles. The molecular weight excluding hydrogens is 296 g/mol. The van der Waals surface area contributed by atoms with Crippen LogP contribution in [0.2, 0.25) is 0 Å². The quantitative estimate of drug-likeness (QED) is 0.592. The maximum atomic E-state index is 2.54. The van der Waals surface area contributed by atoms with Crippen LogP contribution in [0.15, 0.2) is 65.8 Å². The highest BCUT2D eigenvalue weighted by atomic mass is 32.2. The molecule has 1 aromatic rings. The Morgan fingerprint density at radius 1 is 0.957 bits per heavy atom. The zero-order valence-electron chi connectivity index (χ0n) is 13.7. The number of fused-ring (bicyclic) bond motifs is 7. The summed E-state index contributed by atoms with van der Waals surface area (Å²) in [5.41, 5.74) is 5.74. The molecule has 2 bridgehead atoms. The van der Waals surface area contributed by atoms with Crippen LogP contribution in [0.1, 0.15) is 24.5 Å². The van der Waals surface area contributed by atoms with Crippen molar-refractivity contribution in [1.29, 1.82) is 0 Å². The van der Waals surface area contributed by atoms with Gasteiger partial charge in [-0.1, -0.05) is 65.8 Å². The van der Waals surface area contributed by atoms with Crippen molar-refractivity contribution >= 4 is 16.7 Å². The van der Waals surface area contributed by atoms with Gasteiger partial charge in [0.25, 0.3) is 0 Å². The molecule has 2 unspecified atom stereocenters.